The Bertz CT molecular complexity index is 1120. The number of ether oxygens (including phenoxy) is 1. The summed E-state index contributed by atoms with van der Waals surface area (Å²) < 4.78 is 43.7. The van der Waals surface area contributed by atoms with E-state index in [9.17, 15) is 13.2 Å². The molecule has 29 heavy (non-hydrogen) atoms. The minimum absolute atomic E-state index is 0. The molecule has 0 aromatic carbocycles. The summed E-state index contributed by atoms with van der Waals surface area (Å²) in [6, 6.07) is 12.4. The topological polar surface area (TPSA) is 89.0 Å². The van der Waals surface area contributed by atoms with Gasteiger partial charge < -0.3 is 25.1 Å². The molecule has 4 aromatic heterocycles. The number of hydrogen-bond acceptors (Lipinski definition) is 5. The van der Waals surface area contributed by atoms with E-state index in [-0.39, 0.29) is 44.2 Å². The molecule has 0 unspecified atom stereocenters. The van der Waals surface area contributed by atoms with Gasteiger partial charge in [0.15, 0.2) is 0 Å². The van der Waals surface area contributed by atoms with Crippen molar-refractivity contribution in [2.75, 3.05) is 0 Å². The molecular weight excluding hydrogens is 568 g/mol. The van der Waals surface area contributed by atoms with E-state index >= 15 is 0 Å². The largest absolute Gasteiger partial charge is 2.00 e. The molecule has 4 heterocycles. The van der Waals surface area contributed by atoms with Gasteiger partial charge in [-0.3, -0.25) is 0 Å². The summed E-state index contributed by atoms with van der Waals surface area (Å²) in [5.74, 6) is 0.413. The van der Waals surface area contributed by atoms with Gasteiger partial charge in [-0.2, -0.15) is 13.2 Å². The molecule has 0 aliphatic carbocycles. The van der Waals surface area contributed by atoms with Gasteiger partial charge in [-0.25, -0.2) is 9.97 Å². The van der Waals surface area contributed by atoms with E-state index in [0.717, 1.165) is 11.8 Å². The zero-order valence-corrected chi connectivity index (χ0v) is 16.9. The minimum atomic E-state index is -4.56. The smallest absolute Gasteiger partial charge is 0.574 e. The quantitative estimate of drug-likeness (QED) is 0.365. The molecule has 0 amide bonds. The Kier molecular flexibility index (Phi) is 5.83. The van der Waals surface area contributed by atoms with Crippen molar-refractivity contribution in [2.24, 2.45) is 0 Å². The standard InChI is InChI=1S/C18H11F3N6O.Pt/c1-10-8-13(25-24-10)11-4-2-6-16(22-11)28-17-7-3-5-12(23-17)14-9-15(27-26-14)18(19,20)21;/h2-9H,1H3;/q-2;+2. The fourth-order valence-electron chi connectivity index (χ4n) is 2.41. The maximum atomic E-state index is 12.7. The second kappa shape index (κ2) is 8.16. The Labute approximate surface area is 177 Å². The molecule has 0 aliphatic heterocycles. The van der Waals surface area contributed by atoms with Crippen LogP contribution in [0.15, 0.2) is 48.5 Å². The molecule has 0 radical (unpaired) electrons. The molecular formula is C18H11F3N6OPt. The SMILES string of the molecule is Cc1cc(-c2cccc(Oc3cccc(-c4cc(C(F)(F)F)n[n-]4)n3)n2)[n-]n1.[Pt+2]. The predicted molar refractivity (Wildman–Crippen MR) is 91.4 cm³/mol. The first kappa shape index (κ1) is 20.7. The normalized spacial score (nSPS) is 11.2. The van der Waals surface area contributed by atoms with Gasteiger partial charge in [-0.15, -0.1) is 0 Å². The number of aryl methyl sites for hydroxylation is 1. The maximum absolute atomic E-state index is 12.7. The summed E-state index contributed by atoms with van der Waals surface area (Å²) in [5, 5.41) is 14.6. The van der Waals surface area contributed by atoms with Crippen LogP contribution in [0.5, 0.6) is 11.8 Å². The maximum Gasteiger partial charge on any atom is 2.00 e. The molecule has 0 bridgehead atoms. The molecule has 0 saturated heterocycles. The Morgan fingerprint density at radius 2 is 1.38 bits per heavy atom. The van der Waals surface area contributed by atoms with Crippen molar-refractivity contribution in [1.29, 1.82) is 0 Å². The molecule has 7 nitrogen and oxygen atoms in total. The summed E-state index contributed by atoms with van der Waals surface area (Å²) in [6.07, 6.45) is -4.56. The van der Waals surface area contributed by atoms with E-state index in [1.54, 1.807) is 36.4 Å². The van der Waals surface area contributed by atoms with Crippen molar-refractivity contribution >= 4 is 0 Å². The van der Waals surface area contributed by atoms with Gasteiger partial charge in [0.1, 0.15) is 5.69 Å². The van der Waals surface area contributed by atoms with Crippen molar-refractivity contribution < 1.29 is 39.0 Å². The van der Waals surface area contributed by atoms with Crippen LogP contribution < -0.4 is 14.9 Å². The summed E-state index contributed by atoms with van der Waals surface area (Å²) in [7, 11) is 0. The number of alkyl halides is 3. The van der Waals surface area contributed by atoms with Gasteiger partial charge in [0, 0.05) is 17.8 Å². The third-order valence-electron chi connectivity index (χ3n) is 3.67. The third kappa shape index (κ3) is 4.71. The van der Waals surface area contributed by atoms with Gasteiger partial charge in [0.25, 0.3) is 0 Å². The fourth-order valence-corrected chi connectivity index (χ4v) is 2.41. The van der Waals surface area contributed by atoms with E-state index < -0.39 is 11.9 Å². The summed E-state index contributed by atoms with van der Waals surface area (Å²) in [4.78, 5) is 8.53. The second-order valence-electron chi connectivity index (χ2n) is 5.81. The van der Waals surface area contributed by atoms with Gasteiger partial charge in [0.2, 0.25) is 11.8 Å². The molecule has 11 heteroatoms. The summed E-state index contributed by atoms with van der Waals surface area (Å²) >= 11 is 0. The number of aromatic nitrogens is 6. The number of rotatable bonds is 4. The van der Waals surface area contributed by atoms with Gasteiger partial charge in [-0.1, -0.05) is 29.6 Å². The first-order valence-electron chi connectivity index (χ1n) is 8.06. The number of halogens is 3. The van der Waals surface area contributed by atoms with Crippen molar-refractivity contribution in [3.05, 3.63) is 59.9 Å². The van der Waals surface area contributed by atoms with Crippen molar-refractivity contribution in [3.8, 4) is 34.5 Å². The van der Waals surface area contributed by atoms with Crippen LogP contribution in [0.25, 0.3) is 22.8 Å². The molecule has 0 fully saturated rings. The molecule has 150 valence electrons. The fraction of sp³-hybridized carbons (Fsp3) is 0.111. The van der Waals surface area contributed by atoms with Gasteiger partial charge >= 0.3 is 27.2 Å². The number of pyridine rings is 2. The Morgan fingerprint density at radius 1 is 0.828 bits per heavy atom. The molecule has 0 saturated carbocycles. The molecule has 0 spiro atoms. The van der Waals surface area contributed by atoms with E-state index in [0.29, 0.717) is 11.4 Å². The molecule has 0 aliphatic rings. The first-order chi connectivity index (χ1) is 13.4. The van der Waals surface area contributed by atoms with Crippen LogP contribution in [0.2, 0.25) is 0 Å². The van der Waals surface area contributed by atoms with E-state index in [4.69, 9.17) is 4.74 Å². The Morgan fingerprint density at radius 3 is 1.86 bits per heavy atom. The Hall–Kier alpha value is -3.00. The average Bonchev–Trinajstić information content (AvgIpc) is 3.31. The molecule has 4 rings (SSSR count). The molecule has 0 atom stereocenters. The van der Waals surface area contributed by atoms with Crippen LogP contribution in [0.4, 0.5) is 13.2 Å². The van der Waals surface area contributed by atoms with Crippen LogP contribution in [-0.2, 0) is 27.2 Å². The Balaban J connectivity index is 0.00000240. The zero-order chi connectivity index (χ0) is 19.7. The third-order valence-corrected chi connectivity index (χ3v) is 3.67. The zero-order valence-electron chi connectivity index (χ0n) is 14.7. The van der Waals surface area contributed by atoms with E-state index in [1.165, 1.54) is 6.07 Å². The van der Waals surface area contributed by atoms with Crippen molar-refractivity contribution in [3.63, 3.8) is 0 Å². The van der Waals surface area contributed by atoms with Crippen LogP contribution in [0.1, 0.15) is 11.4 Å². The predicted octanol–water partition coefficient (Wildman–Crippen LogP) is 3.63. The van der Waals surface area contributed by atoms with Crippen LogP contribution in [0.3, 0.4) is 0 Å². The molecule has 4 aromatic rings. The minimum Gasteiger partial charge on any atom is -0.574 e. The number of hydrogen-bond donors (Lipinski definition) is 0. The van der Waals surface area contributed by atoms with Gasteiger partial charge in [-0.05, 0) is 25.1 Å². The van der Waals surface area contributed by atoms with Crippen molar-refractivity contribution in [1.82, 2.24) is 30.4 Å². The van der Waals surface area contributed by atoms with E-state index in [2.05, 4.69) is 30.4 Å². The summed E-state index contributed by atoms with van der Waals surface area (Å²) in [5.41, 5.74) is 1.08. The summed E-state index contributed by atoms with van der Waals surface area (Å²) in [6.45, 7) is 1.82. The van der Waals surface area contributed by atoms with Crippen LogP contribution >= 0.6 is 0 Å². The number of nitrogens with zero attached hydrogens (tertiary/aromatic N) is 6. The van der Waals surface area contributed by atoms with E-state index in [1.807, 2.05) is 6.92 Å². The molecule has 0 N–H and O–H groups in total. The first-order valence-corrected chi connectivity index (χ1v) is 8.06. The van der Waals surface area contributed by atoms with Gasteiger partial charge in [0.05, 0.1) is 11.4 Å². The van der Waals surface area contributed by atoms with Crippen LogP contribution in [0, 0.1) is 6.92 Å². The van der Waals surface area contributed by atoms with Crippen molar-refractivity contribution in [2.45, 2.75) is 13.1 Å². The monoisotopic (exact) mass is 579 g/mol. The second-order valence-corrected chi connectivity index (χ2v) is 5.81. The van der Waals surface area contributed by atoms with Crippen LogP contribution in [-0.4, -0.2) is 20.2 Å². The average molecular weight is 579 g/mol.